The van der Waals surface area contributed by atoms with Crippen LogP contribution in [-0.2, 0) is 0 Å². The van der Waals surface area contributed by atoms with Crippen molar-refractivity contribution in [2.45, 2.75) is 0 Å². The minimum Gasteiger partial charge on any atom is -0.361 e. The van der Waals surface area contributed by atoms with Gasteiger partial charge in [-0.2, -0.15) is 0 Å². The lowest BCUT2D eigenvalue weighted by molar-refractivity contribution is 1.33. The van der Waals surface area contributed by atoms with Crippen LogP contribution in [0.5, 0.6) is 0 Å². The van der Waals surface area contributed by atoms with E-state index in [1.165, 1.54) is 0 Å². The molecule has 0 atom stereocenters. The first-order valence-corrected chi connectivity index (χ1v) is 4.72. The zero-order valence-electron chi connectivity index (χ0n) is 7.90. The maximum absolute atomic E-state index is 10.6. The molecule has 72 valence electrons. The number of pyridine rings is 1. The second kappa shape index (κ2) is 2.92. The fourth-order valence-electron chi connectivity index (χ4n) is 1.95. The smallest absolute Gasteiger partial charge is 0.118 e. The molecule has 0 saturated heterocycles. The molecule has 1 aromatic carbocycles. The van der Waals surface area contributed by atoms with Crippen molar-refractivity contribution < 1.29 is 0 Å². The van der Waals surface area contributed by atoms with E-state index >= 15 is 0 Å². The van der Waals surface area contributed by atoms with Crippen molar-refractivity contribution in [1.82, 2.24) is 4.98 Å². The number of benzene rings is 1. The molecule has 0 amide bonds. The van der Waals surface area contributed by atoms with Gasteiger partial charge in [0.05, 0.1) is 5.69 Å². The fraction of sp³-hybridized carbons (Fsp3) is 0. The Bertz CT molecular complexity index is 612. The molecule has 1 aliphatic heterocycles. The molecule has 1 aromatic rings. The SMILES string of the molecule is O=Nc1cc[nH]c2c3ccccc3cc1-2. The first kappa shape index (κ1) is 8.17. The number of rotatable bonds is 1. The summed E-state index contributed by atoms with van der Waals surface area (Å²) in [5, 5.41) is 5.27. The van der Waals surface area contributed by atoms with Gasteiger partial charge < -0.3 is 4.98 Å². The molecule has 0 radical (unpaired) electrons. The molecular weight excluding hydrogens is 188 g/mol. The Morgan fingerprint density at radius 2 is 2.00 bits per heavy atom. The van der Waals surface area contributed by atoms with Crippen LogP contribution in [0.2, 0.25) is 0 Å². The molecule has 2 aliphatic rings. The van der Waals surface area contributed by atoms with Crippen LogP contribution in [0.15, 0.2) is 47.8 Å². The quantitative estimate of drug-likeness (QED) is 0.593. The first-order chi connectivity index (χ1) is 7.40. The van der Waals surface area contributed by atoms with Crippen molar-refractivity contribution in [2.24, 2.45) is 5.18 Å². The molecule has 3 rings (SSSR count). The topological polar surface area (TPSA) is 45.2 Å². The van der Waals surface area contributed by atoms with Crippen molar-refractivity contribution >= 4 is 16.5 Å². The Morgan fingerprint density at radius 1 is 1.13 bits per heavy atom. The molecule has 3 heteroatoms. The van der Waals surface area contributed by atoms with Crippen molar-refractivity contribution in [1.29, 1.82) is 0 Å². The maximum Gasteiger partial charge on any atom is 0.118 e. The minimum absolute atomic E-state index is 0.486. The van der Waals surface area contributed by atoms with E-state index < -0.39 is 0 Å². The zero-order chi connectivity index (χ0) is 10.3. The number of fused-ring (bicyclic) bond motifs is 3. The summed E-state index contributed by atoms with van der Waals surface area (Å²) >= 11 is 0. The Kier molecular flexibility index (Phi) is 1.59. The zero-order valence-corrected chi connectivity index (χ0v) is 7.90. The Balaban J connectivity index is 2.50. The number of nitrogens with one attached hydrogen (secondary N) is 1. The van der Waals surface area contributed by atoms with E-state index in [1.54, 1.807) is 12.3 Å². The van der Waals surface area contributed by atoms with Crippen LogP contribution >= 0.6 is 0 Å². The van der Waals surface area contributed by atoms with Gasteiger partial charge in [0, 0.05) is 17.1 Å². The number of aromatic nitrogens is 1. The first-order valence-electron chi connectivity index (χ1n) is 4.72. The molecule has 0 saturated carbocycles. The lowest BCUT2D eigenvalue weighted by atomic mass is 10.1. The average molecular weight is 196 g/mol. The highest BCUT2D eigenvalue weighted by atomic mass is 16.3. The molecule has 0 fully saturated rings. The van der Waals surface area contributed by atoms with Crippen LogP contribution in [0, 0.1) is 4.91 Å². The third-order valence-corrected chi connectivity index (χ3v) is 2.64. The van der Waals surface area contributed by atoms with Crippen LogP contribution in [0.25, 0.3) is 22.0 Å². The monoisotopic (exact) mass is 196 g/mol. The molecule has 1 N–H and O–H groups in total. The predicted molar refractivity (Wildman–Crippen MR) is 60.4 cm³/mol. The van der Waals surface area contributed by atoms with Gasteiger partial charge in [-0.3, -0.25) is 0 Å². The van der Waals surface area contributed by atoms with Gasteiger partial charge in [0.2, 0.25) is 0 Å². The summed E-state index contributed by atoms with van der Waals surface area (Å²) in [6.07, 6.45) is 1.74. The molecule has 0 unspecified atom stereocenters. The number of hydrogen-bond acceptors (Lipinski definition) is 2. The Hall–Kier alpha value is -2.16. The maximum atomic E-state index is 10.6. The fourth-order valence-corrected chi connectivity index (χ4v) is 1.95. The van der Waals surface area contributed by atoms with Gasteiger partial charge in [-0.25, -0.2) is 0 Å². The molecule has 3 nitrogen and oxygen atoms in total. The highest BCUT2D eigenvalue weighted by Gasteiger charge is 2.13. The molecule has 1 aliphatic carbocycles. The summed E-state index contributed by atoms with van der Waals surface area (Å²) in [7, 11) is 0. The van der Waals surface area contributed by atoms with Crippen LogP contribution in [0.3, 0.4) is 0 Å². The summed E-state index contributed by atoms with van der Waals surface area (Å²) < 4.78 is 0. The Morgan fingerprint density at radius 3 is 2.87 bits per heavy atom. The second-order valence-electron chi connectivity index (χ2n) is 3.47. The van der Waals surface area contributed by atoms with Crippen molar-refractivity contribution in [3.05, 3.63) is 47.5 Å². The van der Waals surface area contributed by atoms with Gasteiger partial charge in [-0.1, -0.05) is 24.3 Å². The minimum atomic E-state index is 0.486. The van der Waals surface area contributed by atoms with Crippen molar-refractivity contribution in [3.63, 3.8) is 0 Å². The van der Waals surface area contributed by atoms with Gasteiger partial charge in [0.1, 0.15) is 5.69 Å². The van der Waals surface area contributed by atoms with Crippen LogP contribution in [-0.4, -0.2) is 4.98 Å². The van der Waals surface area contributed by atoms with Gasteiger partial charge in [0.15, 0.2) is 0 Å². The summed E-state index contributed by atoms with van der Waals surface area (Å²) in [6, 6.07) is 11.7. The summed E-state index contributed by atoms with van der Waals surface area (Å²) in [4.78, 5) is 13.8. The number of H-pyrrole nitrogens is 1. The molecule has 0 bridgehead atoms. The number of hydrogen-bond donors (Lipinski definition) is 1. The standard InChI is InChI=1S/C12H8N2O/c15-14-11-5-6-13-12-9-4-2-1-3-8(9)7-10(11)12/h1-7,13H. The van der Waals surface area contributed by atoms with Gasteiger partial charge >= 0.3 is 0 Å². The highest BCUT2D eigenvalue weighted by molar-refractivity contribution is 6.03. The van der Waals surface area contributed by atoms with Crippen LogP contribution in [0.1, 0.15) is 0 Å². The molecule has 0 aromatic heterocycles. The number of nitroso groups, excluding NO2 is 1. The molecule has 0 spiro atoms. The third kappa shape index (κ3) is 1.06. The lowest BCUT2D eigenvalue weighted by Gasteiger charge is -2.00. The van der Waals surface area contributed by atoms with E-state index in [-0.39, 0.29) is 0 Å². The van der Waals surface area contributed by atoms with E-state index in [0.29, 0.717) is 5.69 Å². The average Bonchev–Trinajstić information content (AvgIpc) is 2.67. The lowest BCUT2D eigenvalue weighted by Crippen LogP contribution is -1.79. The van der Waals surface area contributed by atoms with E-state index in [9.17, 15) is 4.91 Å². The molecular formula is C12H8N2O. The van der Waals surface area contributed by atoms with E-state index in [0.717, 1.165) is 22.0 Å². The normalized spacial score (nSPS) is 10.9. The van der Waals surface area contributed by atoms with Crippen LogP contribution in [0.4, 0.5) is 5.69 Å². The van der Waals surface area contributed by atoms with E-state index in [4.69, 9.17) is 0 Å². The third-order valence-electron chi connectivity index (χ3n) is 2.64. The van der Waals surface area contributed by atoms with Crippen molar-refractivity contribution in [2.75, 3.05) is 0 Å². The highest BCUT2D eigenvalue weighted by Crippen LogP contribution is 2.38. The largest absolute Gasteiger partial charge is 0.361 e. The number of aromatic amines is 1. The van der Waals surface area contributed by atoms with Crippen LogP contribution < -0.4 is 0 Å². The molecule has 15 heavy (non-hydrogen) atoms. The van der Waals surface area contributed by atoms with Crippen molar-refractivity contribution in [3.8, 4) is 11.3 Å². The van der Waals surface area contributed by atoms with E-state index in [2.05, 4.69) is 10.2 Å². The van der Waals surface area contributed by atoms with Gasteiger partial charge in [-0.05, 0) is 22.7 Å². The summed E-state index contributed by atoms with van der Waals surface area (Å²) in [5.74, 6) is 0. The summed E-state index contributed by atoms with van der Waals surface area (Å²) in [6.45, 7) is 0. The summed E-state index contributed by atoms with van der Waals surface area (Å²) in [5.41, 5.74) is 2.34. The predicted octanol–water partition coefficient (Wildman–Crippen LogP) is 3.67. The molecule has 1 heterocycles. The van der Waals surface area contributed by atoms with Gasteiger partial charge in [0.25, 0.3) is 0 Å². The second-order valence-corrected chi connectivity index (χ2v) is 3.47. The van der Waals surface area contributed by atoms with E-state index in [1.807, 2.05) is 30.3 Å². The Labute approximate surface area is 86.1 Å². The number of nitrogens with zero attached hydrogens (tertiary/aromatic N) is 1. The van der Waals surface area contributed by atoms with Gasteiger partial charge in [-0.15, -0.1) is 4.91 Å².